The largest absolute Gasteiger partial charge is 0.508 e. The number of benzene rings is 1. The van der Waals surface area contributed by atoms with Gasteiger partial charge in [0.05, 0.1) is 13.7 Å². The number of aromatic hydroxyl groups is 1. The van der Waals surface area contributed by atoms with E-state index in [9.17, 15) is 5.11 Å². The van der Waals surface area contributed by atoms with Gasteiger partial charge < -0.3 is 19.7 Å². The van der Waals surface area contributed by atoms with Gasteiger partial charge in [-0.05, 0) is 6.07 Å². The minimum atomic E-state index is -0.222. The maximum Gasteiger partial charge on any atom is 0.165 e. The van der Waals surface area contributed by atoms with E-state index in [-0.39, 0.29) is 18.5 Å². The Kier molecular flexibility index (Phi) is 2.21. The topological polar surface area (TPSA) is 58.9 Å². The van der Waals surface area contributed by atoms with Crippen LogP contribution < -0.4 is 9.47 Å². The van der Waals surface area contributed by atoms with Crippen LogP contribution in [0.1, 0.15) is 5.56 Å². The Balaban J connectivity index is 2.40. The number of rotatable bonds is 2. The summed E-state index contributed by atoms with van der Waals surface area (Å²) in [5.74, 6) is 1.29. The van der Waals surface area contributed by atoms with Crippen LogP contribution in [0.15, 0.2) is 12.1 Å². The smallest absolute Gasteiger partial charge is 0.165 e. The molecule has 0 radical (unpaired) electrons. The van der Waals surface area contributed by atoms with E-state index in [1.165, 1.54) is 13.2 Å². The van der Waals surface area contributed by atoms with Gasteiger partial charge in [-0.1, -0.05) is 0 Å². The Bertz CT molecular complexity index is 348. The van der Waals surface area contributed by atoms with E-state index < -0.39 is 0 Å². The molecule has 2 N–H and O–H groups in total. The number of phenols is 1. The molecule has 1 atom stereocenters. The molecule has 1 aliphatic rings. The zero-order chi connectivity index (χ0) is 10.1. The number of phenolic OH excluding ortho intramolecular Hbond substituents is 1. The van der Waals surface area contributed by atoms with Gasteiger partial charge in [0, 0.05) is 18.1 Å². The summed E-state index contributed by atoms with van der Waals surface area (Å²) in [5.41, 5.74) is 0.876. The van der Waals surface area contributed by atoms with Crippen LogP contribution in [0.25, 0.3) is 0 Å². The second-order valence-electron chi connectivity index (χ2n) is 3.26. The number of hydrogen-bond acceptors (Lipinski definition) is 4. The van der Waals surface area contributed by atoms with Gasteiger partial charge in [0.1, 0.15) is 11.9 Å². The quantitative estimate of drug-likeness (QED) is 0.730. The molecule has 0 saturated carbocycles. The SMILES string of the molecule is COc1cc(O)cc2c1OC(CO)C2. The van der Waals surface area contributed by atoms with E-state index in [1.807, 2.05) is 0 Å². The monoisotopic (exact) mass is 196 g/mol. The molecule has 1 heterocycles. The van der Waals surface area contributed by atoms with E-state index in [0.717, 1.165) is 5.56 Å². The zero-order valence-corrected chi connectivity index (χ0v) is 7.86. The third-order valence-corrected chi connectivity index (χ3v) is 2.27. The van der Waals surface area contributed by atoms with E-state index in [2.05, 4.69) is 0 Å². The van der Waals surface area contributed by atoms with Crippen molar-refractivity contribution in [2.24, 2.45) is 0 Å². The predicted molar refractivity (Wildman–Crippen MR) is 49.9 cm³/mol. The first-order chi connectivity index (χ1) is 6.74. The van der Waals surface area contributed by atoms with Gasteiger partial charge in [0.2, 0.25) is 0 Å². The molecule has 0 fully saturated rings. The molecule has 0 bridgehead atoms. The zero-order valence-electron chi connectivity index (χ0n) is 7.86. The lowest BCUT2D eigenvalue weighted by molar-refractivity contribution is 0.132. The molecular weight excluding hydrogens is 184 g/mol. The van der Waals surface area contributed by atoms with Crippen LogP contribution in [0.4, 0.5) is 0 Å². The van der Waals surface area contributed by atoms with Crippen molar-refractivity contribution in [1.82, 2.24) is 0 Å². The summed E-state index contributed by atoms with van der Waals surface area (Å²) in [6.07, 6.45) is 0.386. The first-order valence-electron chi connectivity index (χ1n) is 4.42. The highest BCUT2D eigenvalue weighted by molar-refractivity contribution is 5.53. The summed E-state index contributed by atoms with van der Waals surface area (Å²) in [6.45, 7) is -0.0292. The van der Waals surface area contributed by atoms with Gasteiger partial charge in [-0.15, -0.1) is 0 Å². The molecule has 0 aromatic heterocycles. The Morgan fingerprint density at radius 1 is 1.57 bits per heavy atom. The molecule has 4 heteroatoms. The molecular formula is C10H12O4. The summed E-state index contributed by atoms with van der Waals surface area (Å²) in [6, 6.07) is 3.13. The fraction of sp³-hybridized carbons (Fsp3) is 0.400. The Labute approximate surface area is 81.7 Å². The third-order valence-electron chi connectivity index (χ3n) is 2.27. The summed E-state index contributed by atoms with van der Waals surface area (Å²) in [5, 5.41) is 18.3. The predicted octanol–water partition coefficient (Wildman–Crippen LogP) is 0.697. The fourth-order valence-corrected chi connectivity index (χ4v) is 1.64. The van der Waals surface area contributed by atoms with E-state index in [1.54, 1.807) is 6.07 Å². The maximum absolute atomic E-state index is 9.37. The molecule has 0 amide bonds. The fourth-order valence-electron chi connectivity index (χ4n) is 1.64. The van der Waals surface area contributed by atoms with E-state index in [0.29, 0.717) is 17.9 Å². The van der Waals surface area contributed by atoms with Crippen molar-refractivity contribution in [2.75, 3.05) is 13.7 Å². The van der Waals surface area contributed by atoms with Crippen molar-refractivity contribution < 1.29 is 19.7 Å². The van der Waals surface area contributed by atoms with Crippen molar-refractivity contribution in [3.05, 3.63) is 17.7 Å². The number of hydrogen-bond donors (Lipinski definition) is 2. The maximum atomic E-state index is 9.37. The molecule has 1 aliphatic heterocycles. The number of ether oxygens (including phenoxy) is 2. The third kappa shape index (κ3) is 1.37. The average molecular weight is 196 g/mol. The molecule has 1 unspecified atom stereocenters. The normalized spacial score (nSPS) is 18.9. The Morgan fingerprint density at radius 3 is 3.00 bits per heavy atom. The first-order valence-corrected chi connectivity index (χ1v) is 4.42. The van der Waals surface area contributed by atoms with Crippen LogP contribution in [-0.4, -0.2) is 30.0 Å². The van der Waals surface area contributed by atoms with Gasteiger partial charge in [-0.3, -0.25) is 0 Å². The van der Waals surface area contributed by atoms with Crippen molar-refractivity contribution >= 4 is 0 Å². The second kappa shape index (κ2) is 3.38. The summed E-state index contributed by atoms with van der Waals surface area (Å²) in [7, 11) is 1.52. The summed E-state index contributed by atoms with van der Waals surface area (Å²) >= 11 is 0. The number of fused-ring (bicyclic) bond motifs is 1. The van der Waals surface area contributed by atoms with Gasteiger partial charge >= 0.3 is 0 Å². The van der Waals surface area contributed by atoms with Gasteiger partial charge in [0.25, 0.3) is 0 Å². The van der Waals surface area contributed by atoms with Gasteiger partial charge in [0.15, 0.2) is 11.5 Å². The highest BCUT2D eigenvalue weighted by Crippen LogP contribution is 2.40. The summed E-state index contributed by atoms with van der Waals surface area (Å²) < 4.78 is 10.5. The minimum Gasteiger partial charge on any atom is -0.508 e. The average Bonchev–Trinajstić information content (AvgIpc) is 2.59. The lowest BCUT2D eigenvalue weighted by atomic mass is 10.1. The van der Waals surface area contributed by atoms with Gasteiger partial charge in [-0.2, -0.15) is 0 Å². The number of aliphatic hydroxyl groups is 1. The summed E-state index contributed by atoms with van der Waals surface area (Å²) in [4.78, 5) is 0. The molecule has 76 valence electrons. The molecule has 4 nitrogen and oxygen atoms in total. The van der Waals surface area contributed by atoms with E-state index in [4.69, 9.17) is 14.6 Å². The van der Waals surface area contributed by atoms with Crippen LogP contribution in [0, 0.1) is 0 Å². The second-order valence-corrected chi connectivity index (χ2v) is 3.26. The van der Waals surface area contributed by atoms with Crippen LogP contribution in [0.5, 0.6) is 17.2 Å². The van der Waals surface area contributed by atoms with Gasteiger partial charge in [-0.25, -0.2) is 0 Å². The lowest BCUT2D eigenvalue weighted by Gasteiger charge is -2.09. The van der Waals surface area contributed by atoms with Crippen LogP contribution >= 0.6 is 0 Å². The molecule has 0 spiro atoms. The van der Waals surface area contributed by atoms with Crippen LogP contribution in [-0.2, 0) is 6.42 Å². The Hall–Kier alpha value is -1.42. The number of aliphatic hydroxyl groups excluding tert-OH is 1. The minimum absolute atomic E-state index is 0.0292. The molecule has 1 aromatic carbocycles. The van der Waals surface area contributed by atoms with Crippen LogP contribution in [0.3, 0.4) is 0 Å². The highest BCUT2D eigenvalue weighted by atomic mass is 16.5. The van der Waals surface area contributed by atoms with Crippen molar-refractivity contribution in [3.63, 3.8) is 0 Å². The molecule has 2 rings (SSSR count). The first kappa shape index (κ1) is 9.15. The highest BCUT2D eigenvalue weighted by Gasteiger charge is 2.26. The molecule has 14 heavy (non-hydrogen) atoms. The van der Waals surface area contributed by atoms with E-state index >= 15 is 0 Å². The van der Waals surface area contributed by atoms with Crippen molar-refractivity contribution in [3.8, 4) is 17.2 Å². The van der Waals surface area contributed by atoms with Crippen LogP contribution in [0.2, 0.25) is 0 Å². The lowest BCUT2D eigenvalue weighted by Crippen LogP contribution is -2.17. The number of methoxy groups -OCH3 is 1. The molecule has 0 saturated heterocycles. The van der Waals surface area contributed by atoms with Crippen molar-refractivity contribution in [1.29, 1.82) is 0 Å². The van der Waals surface area contributed by atoms with Crippen molar-refractivity contribution in [2.45, 2.75) is 12.5 Å². The standard InChI is InChI=1S/C10H12O4/c1-13-9-4-7(12)2-6-3-8(5-11)14-10(6)9/h2,4,8,11-12H,3,5H2,1H3. The Morgan fingerprint density at radius 2 is 2.36 bits per heavy atom. The molecule has 0 aliphatic carbocycles. The molecule has 1 aromatic rings.